The Morgan fingerprint density at radius 1 is 0.902 bits per heavy atom. The van der Waals surface area contributed by atoms with Crippen molar-refractivity contribution in [2.75, 3.05) is 24.0 Å². The molecule has 3 aromatic rings. The summed E-state index contributed by atoms with van der Waals surface area (Å²) in [4.78, 5) is 27.5. The summed E-state index contributed by atoms with van der Waals surface area (Å²) < 4.78 is 35.7. The van der Waals surface area contributed by atoms with Gasteiger partial charge in [-0.2, -0.15) is 0 Å². The summed E-state index contributed by atoms with van der Waals surface area (Å²) in [6.07, 6.45) is 4.91. The maximum absolute atomic E-state index is 14.5. The number of anilines is 1. The lowest BCUT2D eigenvalue weighted by atomic mass is 9.85. The lowest BCUT2D eigenvalue weighted by molar-refractivity contribution is 0.0911. The molecule has 1 heterocycles. The van der Waals surface area contributed by atoms with E-state index in [1.807, 2.05) is 24.3 Å². The largest absolute Gasteiger partial charge is 0.450 e. The van der Waals surface area contributed by atoms with Crippen LogP contribution in [0.4, 0.5) is 10.5 Å². The molecule has 0 aromatic heterocycles. The molecule has 2 unspecified atom stereocenters. The maximum atomic E-state index is 14.5. The molecule has 1 aliphatic heterocycles. The second kappa shape index (κ2) is 12.5. The Morgan fingerprint density at radius 3 is 2.29 bits per heavy atom. The van der Waals surface area contributed by atoms with Gasteiger partial charge in [-0.15, -0.1) is 0 Å². The van der Waals surface area contributed by atoms with Crippen molar-refractivity contribution in [2.24, 2.45) is 5.92 Å². The number of fused-ring (bicyclic) bond motifs is 1. The van der Waals surface area contributed by atoms with Crippen LogP contribution in [0.2, 0.25) is 0 Å². The van der Waals surface area contributed by atoms with Crippen molar-refractivity contribution >= 4 is 38.5 Å². The fourth-order valence-electron chi connectivity index (χ4n) is 6.21. The third kappa shape index (κ3) is 6.05. The van der Waals surface area contributed by atoms with Crippen LogP contribution in [0.5, 0.6) is 0 Å². The second-order valence-corrected chi connectivity index (χ2v) is 12.8. The van der Waals surface area contributed by atoms with Crippen molar-refractivity contribution in [1.82, 2.24) is 10.2 Å². The van der Waals surface area contributed by atoms with Crippen molar-refractivity contribution in [1.29, 1.82) is 0 Å². The van der Waals surface area contributed by atoms with Gasteiger partial charge in [-0.1, -0.05) is 62.2 Å². The third-order valence-electron chi connectivity index (χ3n) is 8.42. The molecule has 2 amide bonds. The Hall–Kier alpha value is -3.59. The Morgan fingerprint density at radius 2 is 1.59 bits per heavy atom. The highest BCUT2D eigenvalue weighted by Crippen LogP contribution is 2.34. The zero-order valence-electron chi connectivity index (χ0n) is 23.8. The highest BCUT2D eigenvalue weighted by atomic mass is 32.2. The van der Waals surface area contributed by atoms with Gasteiger partial charge in [0.25, 0.3) is 15.9 Å². The first-order chi connectivity index (χ1) is 19.8. The van der Waals surface area contributed by atoms with Crippen molar-refractivity contribution < 1.29 is 22.7 Å². The maximum Gasteiger partial charge on any atom is 0.409 e. The van der Waals surface area contributed by atoms with Crippen molar-refractivity contribution in [3.8, 4) is 0 Å². The topological polar surface area (TPSA) is 96.0 Å². The molecule has 1 saturated heterocycles. The van der Waals surface area contributed by atoms with Crippen LogP contribution < -0.4 is 9.62 Å². The van der Waals surface area contributed by atoms with Crippen molar-refractivity contribution in [3.63, 3.8) is 0 Å². The highest BCUT2D eigenvalue weighted by Gasteiger charge is 2.36. The number of benzene rings is 3. The van der Waals surface area contributed by atoms with E-state index in [0.29, 0.717) is 60.5 Å². The van der Waals surface area contributed by atoms with Gasteiger partial charge >= 0.3 is 6.09 Å². The first-order valence-electron chi connectivity index (χ1n) is 14.6. The fourth-order valence-corrected chi connectivity index (χ4v) is 8.13. The number of likely N-dealkylation sites (tertiary alicyclic amines) is 1. The number of hydrogen-bond donors (Lipinski definition) is 1. The standard InChI is InChI=1S/C32H39N3O5S/c1-3-40-32(37)34-21-19-25(20-22-34)35(24-12-5-4-6-13-24)41(38,39)30-18-10-14-26-27(30)15-9-16-28(26)31(36)33-29-17-8-7-11-23(29)2/h4-6,9-10,12-16,18,23,25,29H,3,7-8,11,17,19-22H2,1-2H3,(H,33,36). The highest BCUT2D eigenvalue weighted by molar-refractivity contribution is 7.93. The molecule has 2 aliphatic rings. The van der Waals surface area contributed by atoms with E-state index in [0.717, 1.165) is 19.3 Å². The lowest BCUT2D eigenvalue weighted by Gasteiger charge is -2.38. The van der Waals surface area contributed by atoms with E-state index in [4.69, 9.17) is 4.74 Å². The second-order valence-electron chi connectivity index (χ2n) is 11.1. The Bertz CT molecular complexity index is 1490. The Balaban J connectivity index is 1.49. The number of ether oxygens (including phenoxy) is 1. The summed E-state index contributed by atoms with van der Waals surface area (Å²) in [5.41, 5.74) is 1.05. The summed E-state index contributed by atoms with van der Waals surface area (Å²) >= 11 is 0. The molecule has 1 aliphatic carbocycles. The number of carbonyl (C=O) groups excluding carboxylic acids is 2. The number of piperidine rings is 1. The van der Waals surface area contributed by atoms with Crippen LogP contribution in [-0.4, -0.2) is 57.1 Å². The number of nitrogens with one attached hydrogen (secondary N) is 1. The van der Waals surface area contributed by atoms with E-state index >= 15 is 0 Å². The molecule has 1 N–H and O–H groups in total. The van der Waals surface area contributed by atoms with Crippen LogP contribution in [0, 0.1) is 5.92 Å². The van der Waals surface area contributed by atoms with E-state index < -0.39 is 10.0 Å². The SMILES string of the molecule is CCOC(=O)N1CCC(N(c2ccccc2)S(=O)(=O)c2cccc3c(C(=O)NC4CCCCC4C)cccc23)CC1. The predicted octanol–water partition coefficient (Wildman–Crippen LogP) is 5.96. The van der Waals surface area contributed by atoms with Gasteiger partial charge in [-0.25, -0.2) is 13.2 Å². The predicted molar refractivity (Wildman–Crippen MR) is 161 cm³/mol. The summed E-state index contributed by atoms with van der Waals surface area (Å²) in [6.45, 7) is 5.05. The average molecular weight is 578 g/mol. The normalized spacial score (nSPS) is 20.0. The number of nitrogens with zero attached hydrogens (tertiary/aromatic N) is 2. The van der Waals surface area contributed by atoms with E-state index in [2.05, 4.69) is 12.2 Å². The van der Waals surface area contributed by atoms with Gasteiger partial charge in [-0.3, -0.25) is 9.10 Å². The number of amides is 2. The summed E-state index contributed by atoms with van der Waals surface area (Å²) in [5, 5.41) is 4.34. The zero-order valence-corrected chi connectivity index (χ0v) is 24.6. The Kier molecular flexibility index (Phi) is 8.82. The van der Waals surface area contributed by atoms with Crippen molar-refractivity contribution in [3.05, 3.63) is 72.3 Å². The minimum Gasteiger partial charge on any atom is -0.450 e. The van der Waals surface area contributed by atoms with Crippen LogP contribution in [-0.2, 0) is 14.8 Å². The van der Waals surface area contributed by atoms with Crippen molar-refractivity contribution in [2.45, 2.75) is 69.4 Å². The minimum absolute atomic E-state index is 0.118. The number of carbonyl (C=O) groups is 2. The van der Waals surface area contributed by atoms with Crippen LogP contribution in [0.25, 0.3) is 10.8 Å². The monoisotopic (exact) mass is 577 g/mol. The average Bonchev–Trinajstić information content (AvgIpc) is 2.98. The summed E-state index contributed by atoms with van der Waals surface area (Å²) in [5.74, 6) is 0.239. The molecule has 218 valence electrons. The number of rotatable bonds is 7. The summed E-state index contributed by atoms with van der Waals surface area (Å²) in [7, 11) is -4.04. The zero-order chi connectivity index (χ0) is 29.0. The first-order valence-corrected chi connectivity index (χ1v) is 16.1. The van der Waals surface area contributed by atoms with E-state index in [-0.39, 0.29) is 29.0 Å². The minimum atomic E-state index is -4.04. The molecule has 2 fully saturated rings. The van der Waals surface area contributed by atoms with Gasteiger partial charge in [0.2, 0.25) is 0 Å². The molecule has 8 nitrogen and oxygen atoms in total. The quantitative estimate of drug-likeness (QED) is 0.374. The first kappa shape index (κ1) is 28.9. The van der Waals surface area contributed by atoms with Gasteiger partial charge in [-0.05, 0) is 68.2 Å². The molecular formula is C32H39N3O5S. The molecule has 1 saturated carbocycles. The fraction of sp³-hybridized carbons (Fsp3) is 0.438. The lowest BCUT2D eigenvalue weighted by Crippen LogP contribution is -2.49. The number of sulfonamides is 1. The van der Waals surface area contributed by atoms with Crippen LogP contribution in [0.1, 0.15) is 62.7 Å². The molecule has 3 aromatic carbocycles. The molecule has 0 radical (unpaired) electrons. The number of para-hydroxylation sites is 1. The van der Waals surface area contributed by atoms with Gasteiger partial charge in [0.1, 0.15) is 0 Å². The van der Waals surface area contributed by atoms with E-state index in [1.54, 1.807) is 54.3 Å². The third-order valence-corrected chi connectivity index (χ3v) is 10.4. The molecule has 9 heteroatoms. The van der Waals surface area contributed by atoms with Crippen LogP contribution in [0.15, 0.2) is 71.6 Å². The molecular weight excluding hydrogens is 538 g/mol. The summed E-state index contributed by atoms with van der Waals surface area (Å²) in [6, 6.07) is 19.3. The van der Waals surface area contributed by atoms with E-state index in [1.165, 1.54) is 10.7 Å². The van der Waals surface area contributed by atoms with Gasteiger partial charge in [0.05, 0.1) is 17.2 Å². The van der Waals surface area contributed by atoms with Gasteiger partial charge < -0.3 is 15.0 Å². The van der Waals surface area contributed by atoms with Crippen LogP contribution in [0.3, 0.4) is 0 Å². The van der Waals surface area contributed by atoms with Crippen LogP contribution >= 0.6 is 0 Å². The smallest absolute Gasteiger partial charge is 0.409 e. The number of hydrogen-bond acceptors (Lipinski definition) is 5. The molecule has 0 spiro atoms. The van der Waals surface area contributed by atoms with E-state index in [9.17, 15) is 18.0 Å². The molecule has 2 atom stereocenters. The molecule has 0 bridgehead atoms. The molecule has 5 rings (SSSR count). The van der Waals surface area contributed by atoms with Gasteiger partial charge in [0, 0.05) is 36.1 Å². The Labute approximate surface area is 242 Å². The molecule has 41 heavy (non-hydrogen) atoms. The van der Waals surface area contributed by atoms with Gasteiger partial charge in [0.15, 0.2) is 0 Å².